The molecule has 0 fully saturated rings. The van der Waals surface area contributed by atoms with Gasteiger partial charge in [0, 0.05) is 11.1 Å². The summed E-state index contributed by atoms with van der Waals surface area (Å²) in [5.74, 6) is -0.588. The van der Waals surface area contributed by atoms with Crippen LogP contribution in [0.25, 0.3) is 11.6 Å². The summed E-state index contributed by atoms with van der Waals surface area (Å²) in [6, 6.07) is 19.4. The van der Waals surface area contributed by atoms with Gasteiger partial charge < -0.3 is 5.11 Å². The molecule has 28 heavy (non-hydrogen) atoms. The van der Waals surface area contributed by atoms with Gasteiger partial charge in [-0.1, -0.05) is 42.5 Å². The summed E-state index contributed by atoms with van der Waals surface area (Å²) in [6.07, 6.45) is 1.74. The molecule has 3 aromatic carbocycles. The number of hydrogen-bond acceptors (Lipinski definition) is 3. The number of hydrogen-bond donors (Lipinski definition) is 1. The maximum atomic E-state index is 13.4. The van der Waals surface area contributed by atoms with Gasteiger partial charge in [0.05, 0.1) is 10.2 Å². The van der Waals surface area contributed by atoms with E-state index in [-0.39, 0.29) is 17.6 Å². The largest absolute Gasteiger partial charge is 0.507 e. The highest BCUT2D eigenvalue weighted by Crippen LogP contribution is 2.35. The van der Waals surface area contributed by atoms with E-state index in [0.29, 0.717) is 26.9 Å². The fourth-order valence-electron chi connectivity index (χ4n) is 3.31. The molecule has 4 rings (SSSR count). The summed E-state index contributed by atoms with van der Waals surface area (Å²) < 4.78 is 0.533. The van der Waals surface area contributed by atoms with E-state index in [1.54, 1.807) is 48.5 Å². The molecule has 0 unspecified atom stereocenters. The number of phenolic OH excluding ortho intramolecular Hbond substituents is 1. The Bertz CT molecular complexity index is 1150. The molecule has 0 spiro atoms. The van der Waals surface area contributed by atoms with Crippen LogP contribution in [0.5, 0.6) is 5.75 Å². The zero-order chi connectivity index (χ0) is 19.8. The molecule has 4 nitrogen and oxygen atoms in total. The van der Waals surface area contributed by atoms with Crippen molar-refractivity contribution in [1.29, 1.82) is 0 Å². The minimum absolute atomic E-state index is 0.120. The zero-order valence-electron chi connectivity index (χ0n) is 15.0. The van der Waals surface area contributed by atoms with Gasteiger partial charge in [-0.15, -0.1) is 0 Å². The van der Waals surface area contributed by atoms with Gasteiger partial charge in [-0.05, 0) is 69.9 Å². The predicted molar refractivity (Wildman–Crippen MR) is 113 cm³/mol. The molecule has 1 N–H and O–H groups in total. The normalized spacial score (nSPS) is 15.1. The Morgan fingerprint density at radius 1 is 0.893 bits per heavy atom. The van der Waals surface area contributed by atoms with Crippen LogP contribution in [0.15, 0.2) is 71.2 Å². The fraction of sp³-hybridized carbons (Fsp3) is 0.0435. The number of para-hydroxylation sites is 1. The Hall–Kier alpha value is -3.18. The number of imide groups is 1. The molecular formula is C23H16BrNO3. The number of fused-ring (bicyclic) bond motifs is 1. The van der Waals surface area contributed by atoms with Crippen molar-refractivity contribution in [2.24, 2.45) is 0 Å². The van der Waals surface area contributed by atoms with Crippen LogP contribution in [0.1, 0.15) is 27.0 Å². The van der Waals surface area contributed by atoms with E-state index in [0.717, 1.165) is 11.1 Å². The summed E-state index contributed by atoms with van der Waals surface area (Å²) in [6.45, 7) is 1.87. The Balaban J connectivity index is 1.92. The zero-order valence-corrected chi connectivity index (χ0v) is 16.6. The molecule has 2 amide bonds. The number of aromatic hydroxyl groups is 1. The lowest BCUT2D eigenvalue weighted by atomic mass is 9.91. The molecule has 0 atom stereocenters. The number of benzene rings is 3. The number of phenols is 1. The lowest BCUT2D eigenvalue weighted by molar-refractivity contribution is -0.112. The third-order valence-corrected chi connectivity index (χ3v) is 5.36. The van der Waals surface area contributed by atoms with E-state index in [4.69, 9.17) is 0 Å². The summed E-state index contributed by atoms with van der Waals surface area (Å²) in [5.41, 5.74) is 3.67. The third kappa shape index (κ3) is 3.04. The van der Waals surface area contributed by atoms with Crippen molar-refractivity contribution in [3.63, 3.8) is 0 Å². The smallest absolute Gasteiger partial charge is 0.265 e. The molecule has 5 heteroatoms. The van der Waals surface area contributed by atoms with Crippen molar-refractivity contribution in [1.82, 2.24) is 0 Å². The summed E-state index contributed by atoms with van der Waals surface area (Å²) in [4.78, 5) is 27.7. The van der Waals surface area contributed by atoms with E-state index >= 15 is 0 Å². The molecule has 0 aromatic heterocycles. The van der Waals surface area contributed by atoms with Crippen LogP contribution in [0.3, 0.4) is 0 Å². The minimum atomic E-state index is -0.373. The Labute approximate surface area is 170 Å². The summed E-state index contributed by atoms with van der Waals surface area (Å²) in [7, 11) is 0. The lowest BCUT2D eigenvalue weighted by Crippen LogP contribution is -2.42. The first-order valence-corrected chi connectivity index (χ1v) is 9.50. The van der Waals surface area contributed by atoms with Crippen molar-refractivity contribution < 1.29 is 14.7 Å². The molecule has 0 saturated carbocycles. The minimum Gasteiger partial charge on any atom is -0.507 e. The number of rotatable bonds is 2. The molecule has 1 aliphatic heterocycles. The second-order valence-corrected chi connectivity index (χ2v) is 7.40. The van der Waals surface area contributed by atoms with Crippen molar-refractivity contribution >= 4 is 45.1 Å². The molecular weight excluding hydrogens is 418 g/mol. The molecule has 0 aliphatic carbocycles. The molecule has 3 aromatic rings. The first kappa shape index (κ1) is 18.2. The van der Waals surface area contributed by atoms with Crippen molar-refractivity contribution in [3.8, 4) is 5.75 Å². The van der Waals surface area contributed by atoms with E-state index in [1.807, 2.05) is 31.2 Å². The highest BCUT2D eigenvalue weighted by Gasteiger charge is 2.36. The Morgan fingerprint density at radius 2 is 1.57 bits per heavy atom. The van der Waals surface area contributed by atoms with Crippen molar-refractivity contribution in [2.45, 2.75) is 6.92 Å². The first-order chi connectivity index (χ1) is 13.5. The monoisotopic (exact) mass is 433 g/mol. The SMILES string of the molecule is Cc1ccccc1N1C(=O)/C(=C\c2ccc(O)c(Br)c2)c2ccccc2C1=O. The highest BCUT2D eigenvalue weighted by molar-refractivity contribution is 9.10. The fourth-order valence-corrected chi connectivity index (χ4v) is 3.70. The van der Waals surface area contributed by atoms with Crippen LogP contribution in [0, 0.1) is 6.92 Å². The van der Waals surface area contributed by atoms with Gasteiger partial charge in [0.2, 0.25) is 0 Å². The Kier molecular flexibility index (Phi) is 4.61. The topological polar surface area (TPSA) is 57.6 Å². The molecule has 1 aliphatic rings. The average Bonchev–Trinajstić information content (AvgIpc) is 2.69. The first-order valence-electron chi connectivity index (χ1n) is 8.71. The molecule has 0 radical (unpaired) electrons. The average molecular weight is 434 g/mol. The number of carbonyl (C=O) groups excluding carboxylic acids is 2. The molecule has 1 heterocycles. The predicted octanol–water partition coefficient (Wildman–Crippen LogP) is 5.19. The summed E-state index contributed by atoms with van der Waals surface area (Å²) in [5, 5.41) is 9.73. The molecule has 138 valence electrons. The highest BCUT2D eigenvalue weighted by atomic mass is 79.9. The number of halogens is 1. The second-order valence-electron chi connectivity index (χ2n) is 6.55. The molecule has 0 saturated heterocycles. The van der Waals surface area contributed by atoms with Gasteiger partial charge in [0.1, 0.15) is 5.75 Å². The maximum Gasteiger partial charge on any atom is 0.265 e. The van der Waals surface area contributed by atoms with Crippen LogP contribution in [0.2, 0.25) is 0 Å². The second kappa shape index (κ2) is 7.09. The van der Waals surface area contributed by atoms with E-state index in [2.05, 4.69) is 15.9 Å². The lowest BCUT2D eigenvalue weighted by Gasteiger charge is -2.29. The van der Waals surface area contributed by atoms with Crippen LogP contribution < -0.4 is 4.90 Å². The number of nitrogens with zero attached hydrogens (tertiary/aromatic N) is 1. The van der Waals surface area contributed by atoms with Gasteiger partial charge in [0.25, 0.3) is 11.8 Å². The molecule has 0 bridgehead atoms. The maximum absolute atomic E-state index is 13.4. The Morgan fingerprint density at radius 3 is 2.29 bits per heavy atom. The van der Waals surface area contributed by atoms with Gasteiger partial charge in [-0.25, -0.2) is 4.90 Å². The quantitative estimate of drug-likeness (QED) is 0.446. The number of aryl methyl sites for hydroxylation is 1. The van der Waals surface area contributed by atoms with E-state index in [1.165, 1.54) is 4.90 Å². The standard InChI is InChI=1S/C23H16BrNO3/c1-14-6-2-5-9-20(14)25-22(27)17-8-4-3-7-16(17)18(23(25)28)12-15-10-11-21(26)19(24)13-15/h2-13,26H,1H3/b18-12-. The van der Waals surface area contributed by atoms with Gasteiger partial charge in [0.15, 0.2) is 0 Å². The summed E-state index contributed by atoms with van der Waals surface area (Å²) >= 11 is 3.30. The number of carbonyl (C=O) groups is 2. The van der Waals surface area contributed by atoms with Crippen LogP contribution >= 0.6 is 15.9 Å². The van der Waals surface area contributed by atoms with Gasteiger partial charge in [-0.3, -0.25) is 9.59 Å². The van der Waals surface area contributed by atoms with E-state index in [9.17, 15) is 14.7 Å². The van der Waals surface area contributed by atoms with Crippen molar-refractivity contribution in [3.05, 3.63) is 93.5 Å². The van der Waals surface area contributed by atoms with Crippen LogP contribution in [0.4, 0.5) is 5.69 Å². The van der Waals surface area contributed by atoms with Crippen molar-refractivity contribution in [2.75, 3.05) is 4.90 Å². The third-order valence-electron chi connectivity index (χ3n) is 4.72. The number of amides is 2. The van der Waals surface area contributed by atoms with Gasteiger partial charge in [-0.2, -0.15) is 0 Å². The van der Waals surface area contributed by atoms with Crippen LogP contribution in [-0.2, 0) is 4.79 Å². The van der Waals surface area contributed by atoms with Crippen LogP contribution in [-0.4, -0.2) is 16.9 Å². The van der Waals surface area contributed by atoms with E-state index < -0.39 is 0 Å². The van der Waals surface area contributed by atoms with Gasteiger partial charge >= 0.3 is 0 Å². The number of anilines is 1.